The standard InChI is InChI=1S/C25H31N7O/c1-5-16(6-2)32-14-27-30-23(32)19-8-7-9-21(28-19)31-13-18-17(24(31)33)12-20(25(4)10-11-25)29-22(18)15(3)26/h7-9,12,14-16H,5-6,10-11,13,26H2,1-4H3. The van der Waals surface area contributed by atoms with Crippen LogP contribution >= 0.6 is 0 Å². The summed E-state index contributed by atoms with van der Waals surface area (Å²) in [7, 11) is 0. The molecular formula is C25H31N7O. The number of fused-ring (bicyclic) bond motifs is 1. The van der Waals surface area contributed by atoms with E-state index in [1.54, 1.807) is 11.2 Å². The molecule has 8 nitrogen and oxygen atoms in total. The van der Waals surface area contributed by atoms with Crippen LogP contribution in [-0.2, 0) is 12.0 Å². The van der Waals surface area contributed by atoms with Gasteiger partial charge in [-0.05, 0) is 50.8 Å². The maximum Gasteiger partial charge on any atom is 0.260 e. The summed E-state index contributed by atoms with van der Waals surface area (Å²) < 4.78 is 2.08. The van der Waals surface area contributed by atoms with Crippen LogP contribution in [0.2, 0.25) is 0 Å². The third-order valence-electron chi connectivity index (χ3n) is 7.15. The lowest BCUT2D eigenvalue weighted by Crippen LogP contribution is -2.24. The number of rotatable bonds is 7. The van der Waals surface area contributed by atoms with E-state index in [1.807, 2.05) is 31.2 Å². The number of nitrogens with two attached hydrogens (primary N) is 1. The molecule has 0 aromatic carbocycles. The fraction of sp³-hybridized carbons (Fsp3) is 0.480. The molecule has 0 radical (unpaired) electrons. The summed E-state index contributed by atoms with van der Waals surface area (Å²) in [6, 6.07) is 7.74. The number of carbonyl (C=O) groups excluding carboxylic acids is 1. The molecule has 1 amide bonds. The van der Waals surface area contributed by atoms with Crippen LogP contribution in [0.25, 0.3) is 11.5 Å². The van der Waals surface area contributed by atoms with Crippen molar-refractivity contribution in [2.75, 3.05) is 4.90 Å². The maximum atomic E-state index is 13.5. The fourth-order valence-electron chi connectivity index (χ4n) is 4.71. The first-order valence-corrected chi connectivity index (χ1v) is 11.8. The third kappa shape index (κ3) is 3.62. The van der Waals surface area contributed by atoms with Crippen molar-refractivity contribution in [2.45, 2.75) is 77.4 Å². The van der Waals surface area contributed by atoms with Gasteiger partial charge in [0.15, 0.2) is 5.82 Å². The van der Waals surface area contributed by atoms with Crippen LogP contribution in [0.15, 0.2) is 30.6 Å². The third-order valence-corrected chi connectivity index (χ3v) is 7.15. The van der Waals surface area contributed by atoms with Crippen LogP contribution in [0.3, 0.4) is 0 Å². The Hall–Kier alpha value is -3.13. The molecular weight excluding hydrogens is 414 g/mol. The molecule has 1 saturated carbocycles. The van der Waals surface area contributed by atoms with Crippen molar-refractivity contribution in [3.63, 3.8) is 0 Å². The number of aromatic nitrogens is 5. The number of hydrogen-bond acceptors (Lipinski definition) is 6. The molecule has 1 fully saturated rings. The first-order chi connectivity index (χ1) is 15.9. The summed E-state index contributed by atoms with van der Waals surface area (Å²) in [6.07, 6.45) is 5.91. The highest BCUT2D eigenvalue weighted by molar-refractivity contribution is 6.10. The average Bonchev–Trinajstić information content (AvgIpc) is 3.24. The van der Waals surface area contributed by atoms with E-state index in [2.05, 4.69) is 35.5 Å². The van der Waals surface area contributed by atoms with Gasteiger partial charge in [0.1, 0.15) is 17.8 Å². The first kappa shape index (κ1) is 21.7. The molecule has 0 saturated heterocycles. The Kier molecular flexibility index (Phi) is 5.28. The van der Waals surface area contributed by atoms with Gasteiger partial charge in [-0.25, -0.2) is 4.98 Å². The van der Waals surface area contributed by atoms with E-state index >= 15 is 0 Å². The minimum absolute atomic E-state index is 0.0501. The van der Waals surface area contributed by atoms with Crippen molar-refractivity contribution in [2.24, 2.45) is 5.73 Å². The van der Waals surface area contributed by atoms with Crippen LogP contribution in [0, 0.1) is 0 Å². The number of carbonyl (C=O) groups is 1. The van der Waals surface area contributed by atoms with E-state index in [1.165, 1.54) is 0 Å². The van der Waals surface area contributed by atoms with Crippen molar-refractivity contribution in [3.05, 3.63) is 53.1 Å². The van der Waals surface area contributed by atoms with Crippen molar-refractivity contribution in [1.82, 2.24) is 24.7 Å². The molecule has 5 rings (SSSR count). The highest BCUT2D eigenvalue weighted by Gasteiger charge is 2.43. The van der Waals surface area contributed by atoms with Crippen molar-refractivity contribution < 1.29 is 4.79 Å². The summed E-state index contributed by atoms with van der Waals surface area (Å²) in [5, 5.41) is 8.46. The van der Waals surface area contributed by atoms with Gasteiger partial charge < -0.3 is 10.3 Å². The Balaban J connectivity index is 1.52. The van der Waals surface area contributed by atoms with Gasteiger partial charge in [0.05, 0.1) is 12.2 Å². The lowest BCUT2D eigenvalue weighted by Gasteiger charge is -2.18. The highest BCUT2D eigenvalue weighted by atomic mass is 16.2. The number of nitrogens with zero attached hydrogens (tertiary/aromatic N) is 6. The highest BCUT2D eigenvalue weighted by Crippen LogP contribution is 2.48. The molecule has 1 unspecified atom stereocenters. The van der Waals surface area contributed by atoms with Gasteiger partial charge in [0.25, 0.3) is 5.91 Å². The van der Waals surface area contributed by atoms with E-state index < -0.39 is 0 Å². The van der Waals surface area contributed by atoms with Crippen LogP contribution in [-0.4, -0.2) is 30.6 Å². The van der Waals surface area contributed by atoms with Gasteiger partial charge in [-0.2, -0.15) is 0 Å². The number of hydrogen-bond donors (Lipinski definition) is 1. The zero-order chi connectivity index (χ0) is 23.3. The van der Waals surface area contributed by atoms with Crippen LogP contribution in [0.4, 0.5) is 5.82 Å². The van der Waals surface area contributed by atoms with Gasteiger partial charge in [-0.1, -0.05) is 26.8 Å². The second kappa shape index (κ2) is 8.02. The van der Waals surface area contributed by atoms with Crippen LogP contribution in [0.5, 0.6) is 0 Å². The van der Waals surface area contributed by atoms with Crippen LogP contribution < -0.4 is 10.6 Å². The molecule has 1 aliphatic carbocycles. The lowest BCUT2D eigenvalue weighted by molar-refractivity contribution is 0.0996. The quantitative estimate of drug-likeness (QED) is 0.581. The Bertz CT molecular complexity index is 1210. The van der Waals surface area contributed by atoms with Crippen molar-refractivity contribution in [3.8, 4) is 11.5 Å². The van der Waals surface area contributed by atoms with Gasteiger partial charge in [-0.3, -0.25) is 14.7 Å². The van der Waals surface area contributed by atoms with E-state index in [9.17, 15) is 4.79 Å². The monoisotopic (exact) mass is 445 g/mol. The van der Waals surface area contributed by atoms with Gasteiger partial charge in [0, 0.05) is 34.3 Å². The van der Waals surface area contributed by atoms with Crippen molar-refractivity contribution >= 4 is 11.7 Å². The van der Waals surface area contributed by atoms with Crippen LogP contribution in [0.1, 0.15) is 92.8 Å². The molecule has 4 heterocycles. The second-order valence-corrected chi connectivity index (χ2v) is 9.57. The largest absolute Gasteiger partial charge is 0.323 e. The van der Waals surface area contributed by atoms with Gasteiger partial charge in [0.2, 0.25) is 0 Å². The summed E-state index contributed by atoms with van der Waals surface area (Å²) >= 11 is 0. The molecule has 33 heavy (non-hydrogen) atoms. The normalized spacial score (nSPS) is 17.5. The lowest BCUT2D eigenvalue weighted by atomic mass is 9.97. The van der Waals surface area contributed by atoms with E-state index in [4.69, 9.17) is 15.7 Å². The molecule has 8 heteroatoms. The van der Waals surface area contributed by atoms with Gasteiger partial charge >= 0.3 is 0 Å². The first-order valence-electron chi connectivity index (χ1n) is 11.8. The Labute approximate surface area is 194 Å². The van der Waals surface area contributed by atoms with Gasteiger partial charge in [-0.15, -0.1) is 10.2 Å². The smallest absolute Gasteiger partial charge is 0.260 e. The Morgan fingerprint density at radius 2 is 1.94 bits per heavy atom. The summed E-state index contributed by atoms with van der Waals surface area (Å²) in [6.45, 7) is 8.86. The maximum absolute atomic E-state index is 13.5. The number of anilines is 1. The molecule has 0 bridgehead atoms. The zero-order valence-corrected chi connectivity index (χ0v) is 19.7. The number of amides is 1. The minimum Gasteiger partial charge on any atom is -0.323 e. The van der Waals surface area contributed by atoms with E-state index in [0.717, 1.165) is 48.5 Å². The molecule has 0 spiro atoms. The Morgan fingerprint density at radius 1 is 1.18 bits per heavy atom. The molecule has 172 valence electrons. The SMILES string of the molecule is CCC(CC)n1cnnc1-c1cccc(N2Cc3c(cc(C4(C)CC4)nc3C(C)N)C2=O)n1. The summed E-state index contributed by atoms with van der Waals surface area (Å²) in [4.78, 5) is 25.0. The Morgan fingerprint density at radius 3 is 2.61 bits per heavy atom. The zero-order valence-electron chi connectivity index (χ0n) is 19.7. The molecule has 1 aliphatic heterocycles. The molecule has 3 aromatic rings. The molecule has 2 N–H and O–H groups in total. The van der Waals surface area contributed by atoms with Crippen molar-refractivity contribution in [1.29, 1.82) is 0 Å². The molecule has 3 aromatic heterocycles. The van der Waals surface area contributed by atoms with E-state index in [0.29, 0.717) is 29.7 Å². The average molecular weight is 446 g/mol. The summed E-state index contributed by atoms with van der Waals surface area (Å²) in [5.41, 5.74) is 10.5. The predicted octanol–water partition coefficient (Wildman–Crippen LogP) is 4.33. The predicted molar refractivity (Wildman–Crippen MR) is 127 cm³/mol. The van der Waals surface area contributed by atoms with E-state index in [-0.39, 0.29) is 17.4 Å². The summed E-state index contributed by atoms with van der Waals surface area (Å²) in [5.74, 6) is 1.27. The topological polar surface area (TPSA) is 103 Å². The second-order valence-electron chi connectivity index (χ2n) is 9.57. The minimum atomic E-state index is -0.244. The molecule has 2 aliphatic rings. The molecule has 1 atom stereocenters. The number of pyridine rings is 2. The fourth-order valence-corrected chi connectivity index (χ4v) is 4.71.